The second-order valence-corrected chi connectivity index (χ2v) is 5.37. The number of hydrogen-bond acceptors (Lipinski definition) is 8. The molecule has 0 atom stereocenters. The van der Waals surface area contributed by atoms with Crippen molar-refractivity contribution < 1.29 is 23.6 Å². The first-order chi connectivity index (χ1) is 13.0. The predicted octanol–water partition coefficient (Wildman–Crippen LogP) is 3.83. The van der Waals surface area contributed by atoms with Gasteiger partial charge in [-0.05, 0) is 36.4 Å². The maximum absolute atomic E-state index is 13.0. The minimum Gasteiger partial charge on any atom is -0.492 e. The molecule has 2 heterocycles. The van der Waals surface area contributed by atoms with Gasteiger partial charge in [0.25, 0.3) is 5.71 Å². The highest BCUT2D eigenvalue weighted by atomic mass is 19.1. The van der Waals surface area contributed by atoms with Gasteiger partial charge in [0, 0.05) is 11.6 Å². The van der Waals surface area contributed by atoms with Gasteiger partial charge in [-0.25, -0.2) is 9.37 Å². The SMILES string of the molecule is O=[N+]([O-])c1cc(-c2nc3c(O)ncnc3o2)ccc1Oc1ccc(F)cc1. The van der Waals surface area contributed by atoms with Crippen LogP contribution in [0, 0.1) is 15.9 Å². The molecule has 1 N–H and O–H groups in total. The van der Waals surface area contributed by atoms with Crippen molar-refractivity contribution in [3.8, 4) is 28.8 Å². The van der Waals surface area contributed by atoms with E-state index in [2.05, 4.69) is 15.0 Å². The average molecular weight is 368 g/mol. The zero-order chi connectivity index (χ0) is 19.0. The molecule has 10 heteroatoms. The lowest BCUT2D eigenvalue weighted by Crippen LogP contribution is -1.94. The standard InChI is InChI=1S/C17H9FN4O5/c18-10-2-4-11(5-3-10)26-13-6-1-9(7-12(13)22(24)25)16-21-14-15(23)19-8-20-17(14)27-16/h1-8H,(H,19,20,23). The van der Waals surface area contributed by atoms with Crippen molar-refractivity contribution in [3.05, 3.63) is 64.7 Å². The fourth-order valence-electron chi connectivity index (χ4n) is 2.37. The molecule has 0 saturated heterocycles. The van der Waals surface area contributed by atoms with Crippen LogP contribution in [-0.2, 0) is 0 Å². The van der Waals surface area contributed by atoms with Gasteiger partial charge >= 0.3 is 5.69 Å². The smallest absolute Gasteiger partial charge is 0.312 e. The second-order valence-electron chi connectivity index (χ2n) is 5.37. The zero-order valence-electron chi connectivity index (χ0n) is 13.4. The number of benzene rings is 2. The zero-order valence-corrected chi connectivity index (χ0v) is 13.4. The Balaban J connectivity index is 1.74. The molecule has 9 nitrogen and oxygen atoms in total. The topological polar surface area (TPSA) is 124 Å². The van der Waals surface area contributed by atoms with Gasteiger partial charge in [-0.2, -0.15) is 9.97 Å². The summed E-state index contributed by atoms with van der Waals surface area (Å²) in [6.07, 6.45) is 1.11. The minimum absolute atomic E-state index is 0.0252. The van der Waals surface area contributed by atoms with Crippen LogP contribution in [0.2, 0.25) is 0 Å². The first-order valence-corrected chi connectivity index (χ1v) is 7.54. The molecular weight excluding hydrogens is 359 g/mol. The van der Waals surface area contributed by atoms with E-state index < -0.39 is 10.7 Å². The molecule has 0 amide bonds. The van der Waals surface area contributed by atoms with Crippen molar-refractivity contribution in [2.45, 2.75) is 0 Å². The van der Waals surface area contributed by atoms with E-state index in [0.29, 0.717) is 0 Å². The van der Waals surface area contributed by atoms with E-state index >= 15 is 0 Å². The Labute approximate surface area is 149 Å². The molecule has 27 heavy (non-hydrogen) atoms. The highest BCUT2D eigenvalue weighted by Crippen LogP contribution is 2.36. The molecule has 134 valence electrons. The van der Waals surface area contributed by atoms with Crippen LogP contribution in [0.5, 0.6) is 17.4 Å². The van der Waals surface area contributed by atoms with E-state index in [9.17, 15) is 19.6 Å². The Hall–Kier alpha value is -4.08. The van der Waals surface area contributed by atoms with Gasteiger partial charge in [0.1, 0.15) is 17.9 Å². The van der Waals surface area contributed by atoms with Crippen LogP contribution in [-0.4, -0.2) is 25.0 Å². The Bertz CT molecular complexity index is 1160. The molecular formula is C17H9FN4O5. The van der Waals surface area contributed by atoms with Crippen molar-refractivity contribution in [2.75, 3.05) is 0 Å². The third kappa shape index (κ3) is 3.11. The molecule has 2 aromatic carbocycles. The van der Waals surface area contributed by atoms with Crippen LogP contribution < -0.4 is 4.74 Å². The number of oxazole rings is 1. The molecule has 0 aliphatic rings. The van der Waals surface area contributed by atoms with Crippen molar-refractivity contribution >= 4 is 16.9 Å². The summed E-state index contributed by atoms with van der Waals surface area (Å²) in [5, 5.41) is 21.1. The summed E-state index contributed by atoms with van der Waals surface area (Å²) in [5.41, 5.74) is 0.0357. The summed E-state index contributed by atoms with van der Waals surface area (Å²) >= 11 is 0. The number of fused-ring (bicyclic) bond motifs is 1. The monoisotopic (exact) mass is 368 g/mol. The van der Waals surface area contributed by atoms with Gasteiger partial charge < -0.3 is 14.3 Å². The molecule has 0 bridgehead atoms. The quantitative estimate of drug-likeness (QED) is 0.426. The van der Waals surface area contributed by atoms with Crippen LogP contribution in [0.15, 0.2) is 53.2 Å². The largest absolute Gasteiger partial charge is 0.492 e. The number of rotatable bonds is 4. The predicted molar refractivity (Wildman–Crippen MR) is 89.8 cm³/mol. The first-order valence-electron chi connectivity index (χ1n) is 7.54. The molecule has 0 spiro atoms. The number of nitro groups is 1. The summed E-state index contributed by atoms with van der Waals surface area (Å²) < 4.78 is 23.9. The summed E-state index contributed by atoms with van der Waals surface area (Å²) in [6.45, 7) is 0. The summed E-state index contributed by atoms with van der Waals surface area (Å²) in [7, 11) is 0. The molecule has 0 aliphatic heterocycles. The van der Waals surface area contributed by atoms with Crippen LogP contribution in [0.25, 0.3) is 22.7 Å². The number of aromatic hydroxyl groups is 1. The van der Waals surface area contributed by atoms with Crippen molar-refractivity contribution in [3.63, 3.8) is 0 Å². The second kappa shape index (κ2) is 6.33. The first kappa shape index (κ1) is 16.4. The van der Waals surface area contributed by atoms with E-state index in [4.69, 9.17) is 9.15 Å². The number of nitrogens with zero attached hydrogens (tertiary/aromatic N) is 4. The molecule has 0 radical (unpaired) electrons. The molecule has 2 aromatic heterocycles. The van der Waals surface area contributed by atoms with Crippen molar-refractivity contribution in [1.82, 2.24) is 15.0 Å². The number of hydrogen-bond donors (Lipinski definition) is 1. The lowest BCUT2D eigenvalue weighted by atomic mass is 10.2. The van der Waals surface area contributed by atoms with E-state index in [0.717, 1.165) is 6.33 Å². The molecule has 0 aliphatic carbocycles. The van der Waals surface area contributed by atoms with Gasteiger partial charge in [0.15, 0.2) is 5.52 Å². The average Bonchev–Trinajstić information content (AvgIpc) is 3.09. The summed E-state index contributed by atoms with van der Waals surface area (Å²) in [6, 6.07) is 9.17. The molecule has 0 fully saturated rings. The number of ether oxygens (including phenoxy) is 1. The third-order valence-electron chi connectivity index (χ3n) is 3.62. The van der Waals surface area contributed by atoms with Gasteiger partial charge in [-0.15, -0.1) is 0 Å². The molecule has 4 rings (SSSR count). The number of halogens is 1. The molecule has 0 saturated carbocycles. The van der Waals surface area contributed by atoms with E-state index in [1.165, 1.54) is 42.5 Å². The Morgan fingerprint density at radius 2 is 1.93 bits per heavy atom. The van der Waals surface area contributed by atoms with E-state index in [1.54, 1.807) is 0 Å². The fraction of sp³-hybridized carbons (Fsp3) is 0. The Kier molecular flexibility index (Phi) is 3.84. The highest BCUT2D eigenvalue weighted by molar-refractivity contribution is 5.77. The normalized spacial score (nSPS) is 10.9. The van der Waals surface area contributed by atoms with Crippen molar-refractivity contribution in [1.29, 1.82) is 0 Å². The van der Waals surface area contributed by atoms with Gasteiger partial charge in [-0.3, -0.25) is 10.1 Å². The van der Waals surface area contributed by atoms with E-state index in [-0.39, 0.29) is 45.8 Å². The molecule has 4 aromatic rings. The lowest BCUT2D eigenvalue weighted by Gasteiger charge is -2.07. The number of nitro benzene ring substituents is 1. The van der Waals surface area contributed by atoms with Crippen LogP contribution in [0.3, 0.4) is 0 Å². The van der Waals surface area contributed by atoms with Crippen LogP contribution in [0.4, 0.5) is 10.1 Å². The maximum Gasteiger partial charge on any atom is 0.312 e. The van der Waals surface area contributed by atoms with Crippen molar-refractivity contribution in [2.24, 2.45) is 0 Å². The summed E-state index contributed by atoms with van der Waals surface area (Å²) in [5.74, 6) is -0.573. The highest BCUT2D eigenvalue weighted by Gasteiger charge is 2.20. The van der Waals surface area contributed by atoms with Gasteiger partial charge in [0.05, 0.1) is 4.92 Å². The molecule has 0 unspecified atom stereocenters. The Morgan fingerprint density at radius 1 is 1.15 bits per heavy atom. The van der Waals surface area contributed by atoms with Gasteiger partial charge in [0.2, 0.25) is 17.5 Å². The van der Waals surface area contributed by atoms with Crippen LogP contribution in [0.1, 0.15) is 0 Å². The lowest BCUT2D eigenvalue weighted by molar-refractivity contribution is -0.385. The van der Waals surface area contributed by atoms with Crippen LogP contribution >= 0.6 is 0 Å². The maximum atomic E-state index is 13.0. The number of aromatic nitrogens is 3. The third-order valence-corrected chi connectivity index (χ3v) is 3.62. The fourth-order valence-corrected chi connectivity index (χ4v) is 2.37. The van der Waals surface area contributed by atoms with Gasteiger partial charge in [-0.1, -0.05) is 0 Å². The van der Waals surface area contributed by atoms with E-state index in [1.807, 2.05) is 0 Å². The Morgan fingerprint density at radius 3 is 2.63 bits per heavy atom. The minimum atomic E-state index is -0.623. The summed E-state index contributed by atoms with van der Waals surface area (Å²) in [4.78, 5) is 22.3.